The maximum absolute atomic E-state index is 11.4. The van der Waals surface area contributed by atoms with Gasteiger partial charge >= 0.3 is 5.97 Å². The molecule has 6 nitrogen and oxygen atoms in total. The molecule has 1 heterocycles. The number of rotatable bonds is 6. The van der Waals surface area contributed by atoms with E-state index in [1.54, 1.807) is 0 Å². The van der Waals surface area contributed by atoms with Crippen LogP contribution < -0.4 is 10.6 Å². The number of carbonyl (C=O) groups excluding carboxylic acids is 1. The lowest BCUT2D eigenvalue weighted by Crippen LogP contribution is -2.30. The number of aromatic carboxylic acids is 1. The second-order valence-corrected chi connectivity index (χ2v) is 4.76. The molecule has 1 aromatic rings. The summed E-state index contributed by atoms with van der Waals surface area (Å²) < 4.78 is 0. The summed E-state index contributed by atoms with van der Waals surface area (Å²) in [6, 6.07) is 1.34. The molecule has 0 atom stereocenters. The molecule has 7 heteroatoms. The SMILES string of the molecule is O=C(O)c1cnc(NCCNC(=O)C2CC2)c(Cl)c1. The van der Waals surface area contributed by atoms with Crippen molar-refractivity contribution in [1.29, 1.82) is 0 Å². The smallest absolute Gasteiger partial charge is 0.337 e. The number of carboxylic acids is 1. The summed E-state index contributed by atoms with van der Waals surface area (Å²) in [5.41, 5.74) is 0.0394. The van der Waals surface area contributed by atoms with E-state index in [0.29, 0.717) is 18.9 Å². The summed E-state index contributed by atoms with van der Waals surface area (Å²) >= 11 is 5.90. The third-order valence-electron chi connectivity index (χ3n) is 2.75. The molecule has 0 aromatic carbocycles. The van der Waals surface area contributed by atoms with Gasteiger partial charge in [-0.15, -0.1) is 0 Å². The first-order chi connectivity index (χ1) is 9.08. The second kappa shape index (κ2) is 5.88. The standard InChI is InChI=1S/C12H14ClN3O3/c13-9-5-8(12(18)19)6-16-10(9)14-3-4-15-11(17)7-1-2-7/h5-7H,1-4H2,(H,14,16)(H,15,17)(H,18,19). The molecule has 1 aliphatic carbocycles. The van der Waals surface area contributed by atoms with Gasteiger partial charge in [0.2, 0.25) is 5.91 Å². The molecule has 19 heavy (non-hydrogen) atoms. The predicted octanol–water partition coefficient (Wildman–Crippen LogP) is 1.37. The van der Waals surface area contributed by atoms with E-state index in [0.717, 1.165) is 12.8 Å². The minimum absolute atomic E-state index is 0.0394. The predicted molar refractivity (Wildman–Crippen MR) is 70.4 cm³/mol. The Bertz CT molecular complexity index is 503. The average Bonchev–Trinajstić information content (AvgIpc) is 3.19. The van der Waals surface area contributed by atoms with Crippen molar-refractivity contribution < 1.29 is 14.7 Å². The Labute approximate surface area is 115 Å². The lowest BCUT2D eigenvalue weighted by molar-refractivity contribution is -0.122. The van der Waals surface area contributed by atoms with Crippen LogP contribution >= 0.6 is 11.6 Å². The van der Waals surface area contributed by atoms with Crippen molar-refractivity contribution in [3.63, 3.8) is 0 Å². The Kier molecular flexibility index (Phi) is 4.21. The summed E-state index contributed by atoms with van der Waals surface area (Å²) in [5, 5.41) is 14.8. The molecule has 1 amide bonds. The van der Waals surface area contributed by atoms with Crippen LogP contribution in [0, 0.1) is 5.92 Å². The number of pyridine rings is 1. The largest absolute Gasteiger partial charge is 0.478 e. The molecule has 1 fully saturated rings. The van der Waals surface area contributed by atoms with Crippen molar-refractivity contribution in [2.45, 2.75) is 12.8 Å². The fourth-order valence-electron chi connectivity index (χ4n) is 1.54. The Morgan fingerprint density at radius 1 is 1.42 bits per heavy atom. The lowest BCUT2D eigenvalue weighted by atomic mass is 10.3. The average molecular weight is 284 g/mol. The number of aromatic nitrogens is 1. The van der Waals surface area contributed by atoms with Crippen LogP contribution in [0.1, 0.15) is 23.2 Å². The number of carbonyl (C=O) groups is 2. The van der Waals surface area contributed by atoms with E-state index < -0.39 is 5.97 Å². The highest BCUT2D eigenvalue weighted by Gasteiger charge is 2.28. The maximum Gasteiger partial charge on any atom is 0.337 e. The van der Waals surface area contributed by atoms with Crippen LogP contribution in [0.2, 0.25) is 5.02 Å². The third-order valence-corrected chi connectivity index (χ3v) is 3.04. The van der Waals surface area contributed by atoms with E-state index in [1.807, 2.05) is 0 Å². The Hall–Kier alpha value is -1.82. The monoisotopic (exact) mass is 283 g/mol. The highest BCUT2D eigenvalue weighted by molar-refractivity contribution is 6.33. The van der Waals surface area contributed by atoms with E-state index >= 15 is 0 Å². The van der Waals surface area contributed by atoms with Gasteiger partial charge in [0.05, 0.1) is 10.6 Å². The first-order valence-corrected chi connectivity index (χ1v) is 6.36. The normalized spacial score (nSPS) is 13.9. The van der Waals surface area contributed by atoms with Gasteiger partial charge in [0.1, 0.15) is 5.82 Å². The Morgan fingerprint density at radius 2 is 2.16 bits per heavy atom. The van der Waals surface area contributed by atoms with E-state index in [-0.39, 0.29) is 22.4 Å². The van der Waals surface area contributed by atoms with E-state index in [4.69, 9.17) is 16.7 Å². The highest BCUT2D eigenvalue weighted by atomic mass is 35.5. The van der Waals surface area contributed by atoms with Crippen molar-refractivity contribution in [2.75, 3.05) is 18.4 Å². The van der Waals surface area contributed by atoms with Gasteiger partial charge in [-0.1, -0.05) is 11.6 Å². The van der Waals surface area contributed by atoms with Gasteiger partial charge in [-0.3, -0.25) is 4.79 Å². The fourth-order valence-corrected chi connectivity index (χ4v) is 1.77. The number of carboxylic acid groups (broad SMARTS) is 1. The van der Waals surface area contributed by atoms with Crippen molar-refractivity contribution in [3.05, 3.63) is 22.8 Å². The molecule has 0 aliphatic heterocycles. The van der Waals surface area contributed by atoms with Crippen molar-refractivity contribution in [3.8, 4) is 0 Å². The van der Waals surface area contributed by atoms with Gasteiger partial charge in [-0.2, -0.15) is 0 Å². The Balaban J connectivity index is 1.79. The molecule has 0 bridgehead atoms. The number of hydrogen-bond acceptors (Lipinski definition) is 4. The summed E-state index contributed by atoms with van der Waals surface area (Å²) in [6.07, 6.45) is 3.19. The summed E-state index contributed by atoms with van der Waals surface area (Å²) in [7, 11) is 0. The second-order valence-electron chi connectivity index (χ2n) is 4.35. The molecule has 102 valence electrons. The fraction of sp³-hybridized carbons (Fsp3) is 0.417. The van der Waals surface area contributed by atoms with Crippen LogP contribution in [0.5, 0.6) is 0 Å². The molecule has 3 N–H and O–H groups in total. The molecule has 0 spiro atoms. The van der Waals surface area contributed by atoms with Crippen LogP contribution in [0.25, 0.3) is 0 Å². The quantitative estimate of drug-likeness (QED) is 0.686. The molecule has 2 rings (SSSR count). The minimum atomic E-state index is -1.07. The van der Waals surface area contributed by atoms with Gasteiger partial charge in [-0.05, 0) is 18.9 Å². The number of nitrogens with zero attached hydrogens (tertiary/aromatic N) is 1. The zero-order chi connectivity index (χ0) is 13.8. The maximum atomic E-state index is 11.4. The van der Waals surface area contributed by atoms with E-state index in [9.17, 15) is 9.59 Å². The molecule has 0 saturated heterocycles. The topological polar surface area (TPSA) is 91.3 Å². The van der Waals surface area contributed by atoms with E-state index in [1.165, 1.54) is 12.3 Å². The van der Waals surface area contributed by atoms with Gasteiger partial charge in [0, 0.05) is 25.2 Å². The van der Waals surface area contributed by atoms with Gasteiger partial charge in [0.15, 0.2) is 0 Å². The first kappa shape index (κ1) is 13.6. The molecular formula is C12H14ClN3O3. The van der Waals surface area contributed by atoms with Crippen LogP contribution in [0.3, 0.4) is 0 Å². The van der Waals surface area contributed by atoms with Crippen molar-refractivity contribution in [1.82, 2.24) is 10.3 Å². The molecule has 1 saturated carbocycles. The molecule has 1 aliphatic rings. The first-order valence-electron chi connectivity index (χ1n) is 5.98. The van der Waals surface area contributed by atoms with Crippen molar-refractivity contribution >= 4 is 29.3 Å². The van der Waals surface area contributed by atoms with Gasteiger partial charge in [0.25, 0.3) is 0 Å². The zero-order valence-corrected chi connectivity index (χ0v) is 10.9. The molecule has 0 unspecified atom stereocenters. The van der Waals surface area contributed by atoms with Gasteiger partial charge in [-0.25, -0.2) is 9.78 Å². The van der Waals surface area contributed by atoms with E-state index in [2.05, 4.69) is 15.6 Å². The van der Waals surface area contributed by atoms with Crippen LogP contribution in [-0.2, 0) is 4.79 Å². The molecule has 0 radical (unpaired) electrons. The summed E-state index contributed by atoms with van der Waals surface area (Å²) in [6.45, 7) is 0.964. The van der Waals surface area contributed by atoms with Gasteiger partial charge < -0.3 is 15.7 Å². The summed E-state index contributed by atoms with van der Waals surface area (Å²) in [5.74, 6) is -0.386. The number of nitrogens with one attached hydrogen (secondary N) is 2. The molecule has 1 aromatic heterocycles. The van der Waals surface area contributed by atoms with Crippen LogP contribution in [-0.4, -0.2) is 35.1 Å². The zero-order valence-electron chi connectivity index (χ0n) is 10.1. The Morgan fingerprint density at radius 3 is 2.74 bits per heavy atom. The summed E-state index contributed by atoms with van der Waals surface area (Å²) in [4.78, 5) is 26.0. The highest BCUT2D eigenvalue weighted by Crippen LogP contribution is 2.28. The van der Waals surface area contributed by atoms with Crippen LogP contribution in [0.4, 0.5) is 5.82 Å². The number of amides is 1. The third kappa shape index (κ3) is 3.82. The minimum Gasteiger partial charge on any atom is -0.478 e. The van der Waals surface area contributed by atoms with Crippen LogP contribution in [0.15, 0.2) is 12.3 Å². The number of anilines is 1. The molecular weight excluding hydrogens is 270 g/mol. The number of hydrogen-bond donors (Lipinski definition) is 3. The lowest BCUT2D eigenvalue weighted by Gasteiger charge is -2.08. The van der Waals surface area contributed by atoms with Crippen molar-refractivity contribution in [2.24, 2.45) is 5.92 Å². The number of halogens is 1.